The minimum Gasteiger partial charge on any atom is -0.355 e. The average Bonchev–Trinajstić information content (AvgIpc) is 2.26. The number of aryl methyl sites for hydroxylation is 1. The Morgan fingerprint density at radius 2 is 2.27 bits per heavy atom. The highest BCUT2D eigenvalue weighted by atomic mass is 35.5. The molecule has 0 amide bonds. The molecule has 0 radical (unpaired) electrons. The van der Waals surface area contributed by atoms with Crippen LogP contribution in [0, 0.1) is 6.92 Å². The zero-order valence-corrected chi connectivity index (χ0v) is 7.33. The highest BCUT2D eigenvalue weighted by molar-refractivity contribution is 6.33. The van der Waals surface area contributed by atoms with Gasteiger partial charge < -0.3 is 4.98 Å². The number of aldehydes is 1. The Labute approximate surface area is 70.6 Å². The first kappa shape index (κ1) is 8.34. The number of hydrogen-bond donors (Lipinski definition) is 1. The Bertz CT molecular complexity index is 278. The molecule has 11 heavy (non-hydrogen) atoms. The first-order chi connectivity index (χ1) is 5.20. The molecule has 0 saturated carbocycles. The Morgan fingerprint density at radius 1 is 1.64 bits per heavy atom. The largest absolute Gasteiger partial charge is 0.355 e. The second-order valence-corrected chi connectivity index (χ2v) is 2.81. The van der Waals surface area contributed by atoms with Crippen molar-refractivity contribution < 1.29 is 4.79 Å². The third-order valence-corrected chi connectivity index (χ3v) is 2.18. The molecule has 1 aromatic heterocycles. The van der Waals surface area contributed by atoms with Crippen LogP contribution in [0.25, 0.3) is 0 Å². The summed E-state index contributed by atoms with van der Waals surface area (Å²) in [5.74, 6) is 0. The number of H-pyrrole nitrogens is 1. The lowest BCUT2D eigenvalue weighted by Crippen LogP contribution is -1.79. The van der Waals surface area contributed by atoms with E-state index in [0.717, 1.165) is 24.0 Å². The molecule has 0 aliphatic carbocycles. The summed E-state index contributed by atoms with van der Waals surface area (Å²) in [6.07, 6.45) is 1.60. The third-order valence-electron chi connectivity index (χ3n) is 1.75. The van der Waals surface area contributed by atoms with Crippen molar-refractivity contribution in [2.24, 2.45) is 0 Å². The van der Waals surface area contributed by atoms with Crippen LogP contribution in [0.5, 0.6) is 0 Å². The highest BCUT2D eigenvalue weighted by Crippen LogP contribution is 2.23. The molecule has 0 bridgehead atoms. The van der Waals surface area contributed by atoms with Crippen LogP contribution in [0.15, 0.2) is 0 Å². The Morgan fingerprint density at radius 3 is 2.55 bits per heavy atom. The maximum absolute atomic E-state index is 10.4. The van der Waals surface area contributed by atoms with Crippen LogP contribution in [0.2, 0.25) is 5.02 Å². The first-order valence-electron chi connectivity index (χ1n) is 3.52. The van der Waals surface area contributed by atoms with Gasteiger partial charge >= 0.3 is 0 Å². The molecule has 2 nitrogen and oxygen atoms in total. The molecular weight excluding hydrogens is 162 g/mol. The molecule has 0 unspecified atom stereocenters. The van der Waals surface area contributed by atoms with Crippen molar-refractivity contribution in [3.05, 3.63) is 22.0 Å². The fourth-order valence-electron chi connectivity index (χ4n) is 1.16. The molecular formula is C8H10ClNO. The van der Waals surface area contributed by atoms with Gasteiger partial charge in [-0.2, -0.15) is 0 Å². The van der Waals surface area contributed by atoms with E-state index in [4.69, 9.17) is 11.6 Å². The van der Waals surface area contributed by atoms with Gasteiger partial charge in [-0.25, -0.2) is 0 Å². The number of rotatable bonds is 2. The SMILES string of the molecule is CCc1c(C)[nH]c(C=O)c1Cl. The monoisotopic (exact) mass is 171 g/mol. The fourth-order valence-corrected chi connectivity index (χ4v) is 1.53. The molecule has 0 saturated heterocycles. The van der Waals surface area contributed by atoms with Crippen molar-refractivity contribution in [3.63, 3.8) is 0 Å². The summed E-state index contributed by atoms with van der Waals surface area (Å²) in [4.78, 5) is 13.3. The highest BCUT2D eigenvalue weighted by Gasteiger charge is 2.09. The van der Waals surface area contributed by atoms with Crippen LogP contribution >= 0.6 is 11.6 Å². The van der Waals surface area contributed by atoms with E-state index in [2.05, 4.69) is 4.98 Å². The van der Waals surface area contributed by atoms with Crippen LogP contribution in [0.1, 0.15) is 28.7 Å². The molecule has 0 atom stereocenters. The number of halogens is 1. The van der Waals surface area contributed by atoms with Crippen LogP contribution in [-0.2, 0) is 6.42 Å². The van der Waals surface area contributed by atoms with Gasteiger partial charge in [-0.1, -0.05) is 18.5 Å². The zero-order valence-electron chi connectivity index (χ0n) is 6.57. The Balaban J connectivity index is 3.24. The van der Waals surface area contributed by atoms with Gasteiger partial charge in [0.15, 0.2) is 6.29 Å². The van der Waals surface area contributed by atoms with Gasteiger partial charge in [0, 0.05) is 5.69 Å². The Hall–Kier alpha value is -0.760. The molecule has 0 fully saturated rings. The summed E-state index contributed by atoms with van der Waals surface area (Å²) >= 11 is 5.87. The molecule has 1 rings (SSSR count). The number of aromatic amines is 1. The lowest BCUT2D eigenvalue weighted by atomic mass is 10.2. The molecule has 1 aromatic rings. The second-order valence-electron chi connectivity index (χ2n) is 2.43. The van der Waals surface area contributed by atoms with Gasteiger partial charge in [0.1, 0.15) is 0 Å². The summed E-state index contributed by atoms with van der Waals surface area (Å²) in [6, 6.07) is 0. The quantitative estimate of drug-likeness (QED) is 0.681. The van der Waals surface area contributed by atoms with E-state index in [1.807, 2.05) is 13.8 Å². The lowest BCUT2D eigenvalue weighted by molar-refractivity contribution is 0.111. The van der Waals surface area contributed by atoms with Crippen molar-refractivity contribution in [2.45, 2.75) is 20.3 Å². The first-order valence-corrected chi connectivity index (χ1v) is 3.90. The van der Waals surface area contributed by atoms with Crippen LogP contribution < -0.4 is 0 Å². The summed E-state index contributed by atoms with van der Waals surface area (Å²) < 4.78 is 0. The van der Waals surface area contributed by atoms with Gasteiger partial charge in [0.25, 0.3) is 0 Å². The van der Waals surface area contributed by atoms with Crippen LogP contribution in [-0.4, -0.2) is 11.3 Å². The maximum Gasteiger partial charge on any atom is 0.167 e. The number of aromatic nitrogens is 1. The number of nitrogens with one attached hydrogen (secondary N) is 1. The molecule has 1 heterocycles. The van der Waals surface area contributed by atoms with E-state index in [-0.39, 0.29) is 0 Å². The summed E-state index contributed by atoms with van der Waals surface area (Å²) in [6.45, 7) is 3.92. The minimum absolute atomic E-state index is 0.487. The normalized spacial score (nSPS) is 10.1. The standard InChI is InChI=1S/C8H10ClNO/c1-3-6-5(2)10-7(4-11)8(6)9/h4,10H,3H2,1-2H3. The summed E-state index contributed by atoms with van der Waals surface area (Å²) in [5, 5.41) is 0.569. The molecule has 1 N–H and O–H groups in total. The minimum atomic E-state index is 0.487. The van der Waals surface area contributed by atoms with Crippen molar-refractivity contribution in [1.29, 1.82) is 0 Å². The van der Waals surface area contributed by atoms with Gasteiger partial charge in [-0.05, 0) is 18.9 Å². The fraction of sp³-hybridized carbons (Fsp3) is 0.375. The molecule has 0 spiro atoms. The Kier molecular flexibility index (Phi) is 2.35. The number of carbonyl (C=O) groups is 1. The summed E-state index contributed by atoms with van der Waals surface area (Å²) in [5.41, 5.74) is 2.51. The summed E-state index contributed by atoms with van der Waals surface area (Å²) in [7, 11) is 0. The maximum atomic E-state index is 10.4. The lowest BCUT2D eigenvalue weighted by Gasteiger charge is -1.92. The van der Waals surface area contributed by atoms with Gasteiger partial charge in [0.2, 0.25) is 0 Å². The molecule has 3 heteroatoms. The molecule has 0 aliphatic rings. The van der Waals surface area contributed by atoms with E-state index >= 15 is 0 Å². The third kappa shape index (κ3) is 1.31. The van der Waals surface area contributed by atoms with Gasteiger partial charge in [-0.15, -0.1) is 0 Å². The van der Waals surface area contributed by atoms with Crippen LogP contribution in [0.4, 0.5) is 0 Å². The van der Waals surface area contributed by atoms with Crippen molar-refractivity contribution >= 4 is 17.9 Å². The van der Waals surface area contributed by atoms with Gasteiger partial charge in [-0.3, -0.25) is 4.79 Å². The zero-order chi connectivity index (χ0) is 8.43. The van der Waals surface area contributed by atoms with Crippen LogP contribution in [0.3, 0.4) is 0 Å². The number of carbonyl (C=O) groups excluding carboxylic acids is 1. The van der Waals surface area contributed by atoms with Gasteiger partial charge in [0.05, 0.1) is 10.7 Å². The second kappa shape index (κ2) is 3.09. The van der Waals surface area contributed by atoms with E-state index < -0.39 is 0 Å². The smallest absolute Gasteiger partial charge is 0.167 e. The molecule has 60 valence electrons. The van der Waals surface area contributed by atoms with Crippen molar-refractivity contribution in [1.82, 2.24) is 4.98 Å². The average molecular weight is 172 g/mol. The van der Waals surface area contributed by atoms with E-state index in [9.17, 15) is 4.79 Å². The predicted molar refractivity (Wildman–Crippen MR) is 45.3 cm³/mol. The molecule has 0 aliphatic heterocycles. The van der Waals surface area contributed by atoms with Crippen molar-refractivity contribution in [2.75, 3.05) is 0 Å². The van der Waals surface area contributed by atoms with Crippen molar-refractivity contribution in [3.8, 4) is 0 Å². The van der Waals surface area contributed by atoms with E-state index in [1.54, 1.807) is 0 Å². The predicted octanol–water partition coefficient (Wildman–Crippen LogP) is 2.35. The van der Waals surface area contributed by atoms with E-state index in [0.29, 0.717) is 10.7 Å². The molecule has 0 aromatic carbocycles. The number of hydrogen-bond acceptors (Lipinski definition) is 1. The van der Waals surface area contributed by atoms with E-state index in [1.165, 1.54) is 0 Å². The topological polar surface area (TPSA) is 32.9 Å².